The standard InChI is InChI=1S/C13H23N5/c1-17(7-6-14)12-8-13(16-10-15-12)18(2)9-11-4-3-5-11/h8,10-11H,3-7,9,14H2,1-2H3. The maximum Gasteiger partial charge on any atom is 0.133 e. The van der Waals surface area contributed by atoms with Gasteiger partial charge < -0.3 is 15.5 Å². The SMILES string of the molecule is CN(CCN)c1cc(N(C)CC2CCC2)ncn1. The van der Waals surface area contributed by atoms with Crippen molar-refractivity contribution in [1.82, 2.24) is 9.97 Å². The van der Waals surface area contributed by atoms with Gasteiger partial charge in [-0.05, 0) is 18.8 Å². The Morgan fingerprint density at radius 2 is 1.89 bits per heavy atom. The first-order valence-corrected chi connectivity index (χ1v) is 6.65. The largest absolute Gasteiger partial charge is 0.359 e. The number of rotatable bonds is 6. The van der Waals surface area contributed by atoms with Crippen LogP contribution in [0.4, 0.5) is 11.6 Å². The first kappa shape index (κ1) is 13.1. The Morgan fingerprint density at radius 1 is 1.22 bits per heavy atom. The van der Waals surface area contributed by atoms with E-state index in [0.29, 0.717) is 6.54 Å². The number of nitrogens with zero attached hydrogens (tertiary/aromatic N) is 4. The fourth-order valence-electron chi connectivity index (χ4n) is 2.22. The highest BCUT2D eigenvalue weighted by atomic mass is 15.2. The third kappa shape index (κ3) is 3.10. The molecule has 1 aliphatic rings. The number of aromatic nitrogens is 2. The third-order valence-corrected chi connectivity index (χ3v) is 3.64. The van der Waals surface area contributed by atoms with Gasteiger partial charge in [0, 0.05) is 39.8 Å². The van der Waals surface area contributed by atoms with Crippen molar-refractivity contribution in [3.8, 4) is 0 Å². The van der Waals surface area contributed by atoms with E-state index in [1.54, 1.807) is 6.33 Å². The van der Waals surface area contributed by atoms with Gasteiger partial charge in [-0.15, -0.1) is 0 Å². The smallest absolute Gasteiger partial charge is 0.133 e. The van der Waals surface area contributed by atoms with Crippen LogP contribution in [0, 0.1) is 5.92 Å². The highest BCUT2D eigenvalue weighted by molar-refractivity contribution is 5.49. The summed E-state index contributed by atoms with van der Waals surface area (Å²) >= 11 is 0. The van der Waals surface area contributed by atoms with Gasteiger partial charge in [0.1, 0.15) is 18.0 Å². The van der Waals surface area contributed by atoms with E-state index in [1.807, 2.05) is 13.1 Å². The van der Waals surface area contributed by atoms with Crippen molar-refractivity contribution < 1.29 is 0 Å². The van der Waals surface area contributed by atoms with Crippen LogP contribution in [0.5, 0.6) is 0 Å². The van der Waals surface area contributed by atoms with Gasteiger partial charge in [-0.3, -0.25) is 0 Å². The average Bonchev–Trinajstić information content (AvgIpc) is 2.34. The molecule has 0 bridgehead atoms. The predicted molar refractivity (Wildman–Crippen MR) is 75.0 cm³/mol. The molecular formula is C13H23N5. The molecule has 5 nitrogen and oxygen atoms in total. The summed E-state index contributed by atoms with van der Waals surface area (Å²) in [6.07, 6.45) is 5.73. The summed E-state index contributed by atoms with van der Waals surface area (Å²) in [5.41, 5.74) is 5.56. The molecule has 0 saturated heterocycles. The van der Waals surface area contributed by atoms with Crippen LogP contribution >= 0.6 is 0 Å². The highest BCUT2D eigenvalue weighted by Gasteiger charge is 2.19. The maximum absolute atomic E-state index is 5.56. The van der Waals surface area contributed by atoms with Gasteiger partial charge in [0.25, 0.3) is 0 Å². The summed E-state index contributed by atoms with van der Waals surface area (Å²) in [5.74, 6) is 2.77. The second kappa shape index (κ2) is 6.00. The lowest BCUT2D eigenvalue weighted by Gasteiger charge is -2.31. The van der Waals surface area contributed by atoms with E-state index in [-0.39, 0.29) is 0 Å². The van der Waals surface area contributed by atoms with Crippen LogP contribution < -0.4 is 15.5 Å². The lowest BCUT2D eigenvalue weighted by atomic mass is 9.85. The molecule has 0 spiro atoms. The van der Waals surface area contributed by atoms with Gasteiger partial charge in [-0.25, -0.2) is 9.97 Å². The summed E-state index contributed by atoms with van der Waals surface area (Å²) in [4.78, 5) is 12.9. The van der Waals surface area contributed by atoms with Crippen molar-refractivity contribution in [3.63, 3.8) is 0 Å². The number of anilines is 2. The molecule has 5 heteroatoms. The van der Waals surface area contributed by atoms with Crippen molar-refractivity contribution in [1.29, 1.82) is 0 Å². The molecule has 0 amide bonds. The number of likely N-dealkylation sites (N-methyl/N-ethyl adjacent to an activating group) is 1. The quantitative estimate of drug-likeness (QED) is 0.818. The zero-order chi connectivity index (χ0) is 13.0. The zero-order valence-corrected chi connectivity index (χ0v) is 11.3. The van der Waals surface area contributed by atoms with E-state index in [2.05, 4.69) is 26.8 Å². The third-order valence-electron chi connectivity index (χ3n) is 3.64. The minimum atomic E-state index is 0.633. The molecule has 1 aromatic rings. The Bertz CT molecular complexity index is 377. The molecule has 18 heavy (non-hydrogen) atoms. The van der Waals surface area contributed by atoms with E-state index < -0.39 is 0 Å². The topological polar surface area (TPSA) is 58.3 Å². The van der Waals surface area contributed by atoms with Crippen LogP contribution in [0.2, 0.25) is 0 Å². The monoisotopic (exact) mass is 249 g/mol. The second-order valence-electron chi connectivity index (χ2n) is 5.12. The van der Waals surface area contributed by atoms with Gasteiger partial charge in [0.2, 0.25) is 0 Å². The molecule has 1 saturated carbocycles. The van der Waals surface area contributed by atoms with E-state index in [4.69, 9.17) is 5.73 Å². The van der Waals surface area contributed by atoms with Crippen LogP contribution in [-0.4, -0.2) is 43.7 Å². The number of hydrogen-bond acceptors (Lipinski definition) is 5. The molecule has 2 rings (SSSR count). The second-order valence-corrected chi connectivity index (χ2v) is 5.12. The molecule has 2 N–H and O–H groups in total. The van der Waals surface area contributed by atoms with Crippen molar-refractivity contribution >= 4 is 11.6 Å². The Balaban J connectivity index is 2.00. The molecule has 0 aromatic carbocycles. The van der Waals surface area contributed by atoms with Crippen molar-refractivity contribution in [2.45, 2.75) is 19.3 Å². The summed E-state index contributed by atoms with van der Waals surface area (Å²) in [6, 6.07) is 2.04. The first-order chi connectivity index (χ1) is 8.70. The summed E-state index contributed by atoms with van der Waals surface area (Å²) in [6.45, 7) is 2.54. The van der Waals surface area contributed by atoms with E-state index in [9.17, 15) is 0 Å². The number of nitrogens with two attached hydrogens (primary N) is 1. The molecule has 0 unspecified atom stereocenters. The summed E-state index contributed by atoms with van der Waals surface area (Å²) in [5, 5.41) is 0. The van der Waals surface area contributed by atoms with Crippen molar-refractivity contribution in [3.05, 3.63) is 12.4 Å². The van der Waals surface area contributed by atoms with Crippen molar-refractivity contribution in [2.24, 2.45) is 11.7 Å². The van der Waals surface area contributed by atoms with Gasteiger partial charge in [-0.2, -0.15) is 0 Å². The molecule has 0 radical (unpaired) electrons. The molecule has 1 aromatic heterocycles. The lowest BCUT2D eigenvalue weighted by molar-refractivity contribution is 0.321. The van der Waals surface area contributed by atoms with E-state index in [0.717, 1.165) is 30.6 Å². The van der Waals surface area contributed by atoms with Crippen LogP contribution in [0.1, 0.15) is 19.3 Å². The highest BCUT2D eigenvalue weighted by Crippen LogP contribution is 2.28. The average molecular weight is 249 g/mol. The van der Waals surface area contributed by atoms with E-state index in [1.165, 1.54) is 19.3 Å². The molecule has 1 fully saturated rings. The first-order valence-electron chi connectivity index (χ1n) is 6.65. The lowest BCUT2D eigenvalue weighted by Crippen LogP contribution is -2.30. The maximum atomic E-state index is 5.56. The van der Waals surface area contributed by atoms with Crippen molar-refractivity contribution in [2.75, 3.05) is 43.5 Å². The van der Waals surface area contributed by atoms with Gasteiger partial charge in [0.15, 0.2) is 0 Å². The van der Waals surface area contributed by atoms with Crippen LogP contribution in [-0.2, 0) is 0 Å². The fourth-order valence-corrected chi connectivity index (χ4v) is 2.22. The van der Waals surface area contributed by atoms with Gasteiger partial charge in [-0.1, -0.05) is 6.42 Å². The van der Waals surface area contributed by atoms with Gasteiger partial charge >= 0.3 is 0 Å². The Hall–Kier alpha value is -1.36. The molecule has 0 atom stereocenters. The molecule has 1 heterocycles. The Kier molecular flexibility index (Phi) is 4.36. The normalized spacial score (nSPS) is 15.3. The predicted octanol–water partition coefficient (Wildman–Crippen LogP) is 1.11. The van der Waals surface area contributed by atoms with Gasteiger partial charge in [0.05, 0.1) is 0 Å². The minimum absolute atomic E-state index is 0.633. The molecule has 1 aliphatic carbocycles. The molecular weight excluding hydrogens is 226 g/mol. The minimum Gasteiger partial charge on any atom is -0.359 e. The zero-order valence-electron chi connectivity index (χ0n) is 11.3. The van der Waals surface area contributed by atoms with Crippen LogP contribution in [0.3, 0.4) is 0 Å². The Morgan fingerprint density at radius 3 is 2.44 bits per heavy atom. The summed E-state index contributed by atoms with van der Waals surface area (Å²) in [7, 11) is 4.11. The molecule has 0 aliphatic heterocycles. The van der Waals surface area contributed by atoms with E-state index >= 15 is 0 Å². The fraction of sp³-hybridized carbons (Fsp3) is 0.692. The van der Waals surface area contributed by atoms with Crippen LogP contribution in [0.15, 0.2) is 12.4 Å². The molecule has 100 valence electrons. The summed E-state index contributed by atoms with van der Waals surface area (Å²) < 4.78 is 0. The van der Waals surface area contributed by atoms with Crippen LogP contribution in [0.25, 0.3) is 0 Å². The Labute approximate surface area is 109 Å². The number of hydrogen-bond donors (Lipinski definition) is 1.